The van der Waals surface area contributed by atoms with Crippen LogP contribution in [0.4, 0.5) is 0 Å². The first kappa shape index (κ1) is 9.81. The Labute approximate surface area is 85.2 Å². The van der Waals surface area contributed by atoms with Crippen molar-refractivity contribution in [2.45, 2.75) is 42.2 Å². The van der Waals surface area contributed by atoms with Gasteiger partial charge in [0.1, 0.15) is 0 Å². The Morgan fingerprint density at radius 2 is 2.00 bits per heavy atom. The van der Waals surface area contributed by atoms with Crippen molar-refractivity contribution < 1.29 is 0 Å². The number of hydrogen-bond acceptors (Lipinski definition) is 3. The second kappa shape index (κ2) is 3.44. The molecule has 0 radical (unpaired) electrons. The minimum absolute atomic E-state index is 0.438. The molecular weight excluding hydrogens is 180 g/mol. The molecule has 0 aromatic rings. The first-order valence-electron chi connectivity index (χ1n) is 5.23. The molecule has 2 fully saturated rings. The van der Waals surface area contributed by atoms with Gasteiger partial charge in [-0.25, -0.2) is 0 Å². The smallest absolute Gasteiger partial charge is 0.0202 e. The van der Waals surface area contributed by atoms with Crippen molar-refractivity contribution in [1.82, 2.24) is 4.90 Å². The van der Waals surface area contributed by atoms with Gasteiger partial charge in [0.25, 0.3) is 0 Å². The van der Waals surface area contributed by atoms with Gasteiger partial charge in [0.05, 0.1) is 0 Å². The average Bonchev–Trinajstić information content (AvgIpc) is 2.36. The lowest BCUT2D eigenvalue weighted by Gasteiger charge is -2.37. The molecule has 0 aliphatic carbocycles. The molecule has 0 aromatic heterocycles. The molecule has 0 amide bonds. The summed E-state index contributed by atoms with van der Waals surface area (Å²) in [7, 11) is 2.22. The largest absolute Gasteiger partial charge is 0.327 e. The Hall–Kier alpha value is 0.270. The zero-order valence-electron chi connectivity index (χ0n) is 8.62. The van der Waals surface area contributed by atoms with E-state index in [9.17, 15) is 0 Å². The van der Waals surface area contributed by atoms with Gasteiger partial charge in [-0.15, -0.1) is 0 Å². The van der Waals surface area contributed by atoms with E-state index in [0.29, 0.717) is 16.0 Å². The molecule has 2 rings (SSSR count). The molecule has 0 saturated carbocycles. The number of nitrogens with two attached hydrogens (primary N) is 1. The lowest BCUT2D eigenvalue weighted by molar-refractivity contribution is 0.233. The first-order valence-corrected chi connectivity index (χ1v) is 6.11. The molecule has 2 unspecified atom stereocenters. The predicted molar refractivity (Wildman–Crippen MR) is 59.1 cm³/mol. The van der Waals surface area contributed by atoms with E-state index in [1.54, 1.807) is 0 Å². The van der Waals surface area contributed by atoms with Gasteiger partial charge in [-0.05, 0) is 39.4 Å². The summed E-state index contributed by atoms with van der Waals surface area (Å²) in [6.07, 6.45) is 3.92. The van der Waals surface area contributed by atoms with Gasteiger partial charge >= 0.3 is 0 Å². The van der Waals surface area contributed by atoms with Crippen molar-refractivity contribution in [2.24, 2.45) is 5.73 Å². The van der Waals surface area contributed by atoms with Gasteiger partial charge in [0.2, 0.25) is 0 Å². The third-order valence-corrected chi connectivity index (χ3v) is 5.34. The fraction of sp³-hybridized carbons (Fsp3) is 1.00. The van der Waals surface area contributed by atoms with Crippen LogP contribution < -0.4 is 5.73 Å². The highest BCUT2D eigenvalue weighted by molar-refractivity contribution is 8.01. The van der Waals surface area contributed by atoms with E-state index in [0.717, 1.165) is 0 Å². The summed E-state index contributed by atoms with van der Waals surface area (Å²) in [6.45, 7) is 4.79. The van der Waals surface area contributed by atoms with Crippen LogP contribution in [0.2, 0.25) is 0 Å². The van der Waals surface area contributed by atoms with Crippen LogP contribution in [0.3, 0.4) is 0 Å². The van der Waals surface area contributed by atoms with E-state index >= 15 is 0 Å². The Morgan fingerprint density at radius 1 is 1.38 bits per heavy atom. The molecule has 13 heavy (non-hydrogen) atoms. The minimum atomic E-state index is 0.438. The lowest BCUT2D eigenvalue weighted by Crippen LogP contribution is -2.40. The summed E-state index contributed by atoms with van der Waals surface area (Å²) in [5.41, 5.74) is 6.08. The standard InChI is InChI=1S/C10H20N2S/c1-8-9(11)7-10(13-8)3-5-12(2)6-4-10/h8-9H,3-7,11H2,1-2H3. The predicted octanol–water partition coefficient (Wildman–Crippen LogP) is 1.30. The summed E-state index contributed by atoms with van der Waals surface area (Å²) < 4.78 is 0.547. The molecule has 0 aromatic carbocycles. The molecule has 2 N–H and O–H groups in total. The number of nitrogens with zero attached hydrogens (tertiary/aromatic N) is 1. The average molecular weight is 200 g/mol. The van der Waals surface area contributed by atoms with Crippen molar-refractivity contribution in [3.8, 4) is 0 Å². The Bertz CT molecular complexity index is 175. The summed E-state index contributed by atoms with van der Waals surface area (Å²) >= 11 is 2.15. The molecule has 0 bridgehead atoms. The van der Waals surface area contributed by atoms with E-state index < -0.39 is 0 Å². The molecule has 2 atom stereocenters. The zero-order valence-corrected chi connectivity index (χ0v) is 9.44. The summed E-state index contributed by atoms with van der Waals surface area (Å²) in [4.78, 5) is 2.43. The Morgan fingerprint density at radius 3 is 2.46 bits per heavy atom. The van der Waals surface area contributed by atoms with Crippen molar-refractivity contribution in [1.29, 1.82) is 0 Å². The van der Waals surface area contributed by atoms with E-state index in [4.69, 9.17) is 5.73 Å². The molecule has 2 nitrogen and oxygen atoms in total. The van der Waals surface area contributed by atoms with Gasteiger partial charge in [-0.3, -0.25) is 0 Å². The lowest BCUT2D eigenvalue weighted by atomic mass is 9.89. The van der Waals surface area contributed by atoms with E-state index in [1.807, 2.05) is 0 Å². The highest BCUT2D eigenvalue weighted by Gasteiger charge is 2.43. The topological polar surface area (TPSA) is 29.3 Å². The van der Waals surface area contributed by atoms with Gasteiger partial charge < -0.3 is 10.6 Å². The monoisotopic (exact) mass is 200 g/mol. The first-order chi connectivity index (χ1) is 6.11. The SMILES string of the molecule is CC1SC2(CCN(C)CC2)CC1N. The van der Waals surface area contributed by atoms with Crippen LogP contribution in [0.15, 0.2) is 0 Å². The van der Waals surface area contributed by atoms with Crippen LogP contribution in [0, 0.1) is 0 Å². The third kappa shape index (κ3) is 1.88. The van der Waals surface area contributed by atoms with Crippen molar-refractivity contribution in [3.63, 3.8) is 0 Å². The summed E-state index contributed by atoms with van der Waals surface area (Å²) in [5.74, 6) is 0. The molecule has 1 spiro atoms. The number of piperidine rings is 1. The molecular formula is C10H20N2S. The number of likely N-dealkylation sites (tertiary alicyclic amines) is 1. The normalized spacial score (nSPS) is 39.9. The zero-order chi connectivity index (χ0) is 9.47. The molecule has 2 heterocycles. The number of thioether (sulfide) groups is 1. The van der Waals surface area contributed by atoms with E-state index in [1.165, 1.54) is 32.4 Å². The van der Waals surface area contributed by atoms with Crippen LogP contribution in [0.1, 0.15) is 26.2 Å². The fourth-order valence-corrected chi connectivity index (χ4v) is 4.24. The van der Waals surface area contributed by atoms with Crippen molar-refractivity contribution in [2.75, 3.05) is 20.1 Å². The van der Waals surface area contributed by atoms with E-state index in [-0.39, 0.29) is 0 Å². The highest BCUT2D eigenvalue weighted by Crippen LogP contribution is 2.48. The van der Waals surface area contributed by atoms with Gasteiger partial charge in [0, 0.05) is 16.0 Å². The van der Waals surface area contributed by atoms with Crippen LogP contribution in [0.25, 0.3) is 0 Å². The summed E-state index contributed by atoms with van der Waals surface area (Å²) in [5, 5.41) is 0.670. The van der Waals surface area contributed by atoms with Gasteiger partial charge in [0.15, 0.2) is 0 Å². The van der Waals surface area contributed by atoms with Crippen LogP contribution >= 0.6 is 11.8 Å². The van der Waals surface area contributed by atoms with Crippen LogP contribution in [-0.2, 0) is 0 Å². The van der Waals surface area contributed by atoms with Gasteiger partial charge in [-0.2, -0.15) is 11.8 Å². The molecule has 3 heteroatoms. The molecule has 2 saturated heterocycles. The Balaban J connectivity index is 1.99. The number of rotatable bonds is 0. The van der Waals surface area contributed by atoms with Crippen LogP contribution in [-0.4, -0.2) is 41.1 Å². The second-order valence-corrected chi connectivity index (χ2v) is 6.52. The van der Waals surface area contributed by atoms with Crippen LogP contribution in [0.5, 0.6) is 0 Å². The molecule has 2 aliphatic heterocycles. The quantitative estimate of drug-likeness (QED) is 0.639. The van der Waals surface area contributed by atoms with Crippen molar-refractivity contribution in [3.05, 3.63) is 0 Å². The minimum Gasteiger partial charge on any atom is -0.327 e. The van der Waals surface area contributed by atoms with Crippen molar-refractivity contribution >= 4 is 11.8 Å². The third-order valence-electron chi connectivity index (χ3n) is 3.54. The van der Waals surface area contributed by atoms with Gasteiger partial charge in [-0.1, -0.05) is 6.92 Å². The van der Waals surface area contributed by atoms with E-state index in [2.05, 4.69) is 30.6 Å². The maximum Gasteiger partial charge on any atom is 0.0202 e. The molecule has 76 valence electrons. The maximum absolute atomic E-state index is 6.08. The maximum atomic E-state index is 6.08. The molecule has 2 aliphatic rings. The summed E-state index contributed by atoms with van der Waals surface area (Å²) in [6, 6.07) is 0.438. The fourth-order valence-electron chi connectivity index (χ4n) is 2.47. The Kier molecular flexibility index (Phi) is 2.60. The second-order valence-electron chi connectivity index (χ2n) is 4.68. The highest BCUT2D eigenvalue weighted by atomic mass is 32.2. The number of hydrogen-bond donors (Lipinski definition) is 1.